The van der Waals surface area contributed by atoms with Gasteiger partial charge >= 0.3 is 5.97 Å². The lowest BCUT2D eigenvalue weighted by Gasteiger charge is -2.24. The minimum absolute atomic E-state index is 0.0851. The average molecular weight is 367 g/mol. The lowest BCUT2D eigenvalue weighted by molar-refractivity contribution is -0.116. The van der Waals surface area contributed by atoms with Crippen molar-refractivity contribution in [3.63, 3.8) is 0 Å². The van der Waals surface area contributed by atoms with Crippen LogP contribution < -0.4 is 5.32 Å². The summed E-state index contributed by atoms with van der Waals surface area (Å²) < 4.78 is 14.3. The molecule has 2 heterocycles. The van der Waals surface area contributed by atoms with Crippen LogP contribution in [-0.2, 0) is 4.79 Å². The van der Waals surface area contributed by atoms with Gasteiger partial charge in [0.1, 0.15) is 10.7 Å². The maximum atomic E-state index is 14.3. The third kappa shape index (κ3) is 2.68. The van der Waals surface area contributed by atoms with E-state index in [1.807, 2.05) is 18.2 Å². The fourth-order valence-corrected chi connectivity index (χ4v) is 4.56. The Labute approximate surface area is 152 Å². The fraction of sp³-hybridized carbons (Fsp3) is 0.100. The smallest absolute Gasteiger partial charge is 0.346 e. The molecule has 130 valence electrons. The normalized spacial score (nSPS) is 16.0. The van der Waals surface area contributed by atoms with E-state index in [4.69, 9.17) is 0 Å². The average Bonchev–Trinajstić information content (AvgIpc) is 3.02. The van der Waals surface area contributed by atoms with E-state index < -0.39 is 17.7 Å². The molecule has 1 aromatic heterocycles. The molecule has 0 spiro atoms. The van der Waals surface area contributed by atoms with Crippen molar-refractivity contribution < 1.29 is 19.1 Å². The van der Waals surface area contributed by atoms with Gasteiger partial charge in [0, 0.05) is 22.8 Å². The van der Waals surface area contributed by atoms with Crippen LogP contribution >= 0.6 is 11.3 Å². The van der Waals surface area contributed by atoms with Gasteiger partial charge in [-0.3, -0.25) is 4.79 Å². The quantitative estimate of drug-likeness (QED) is 0.703. The molecule has 3 aromatic rings. The number of carbonyl (C=O) groups is 2. The van der Waals surface area contributed by atoms with Gasteiger partial charge in [0.25, 0.3) is 0 Å². The third-order valence-electron chi connectivity index (χ3n) is 4.44. The number of fused-ring (bicyclic) bond motifs is 1. The highest BCUT2D eigenvalue weighted by molar-refractivity contribution is 7.15. The number of halogens is 1. The van der Waals surface area contributed by atoms with Gasteiger partial charge in [-0.25, -0.2) is 9.18 Å². The summed E-state index contributed by atoms with van der Waals surface area (Å²) in [6.45, 7) is 0. The van der Waals surface area contributed by atoms with Crippen LogP contribution in [0, 0.1) is 5.82 Å². The Morgan fingerprint density at radius 3 is 2.50 bits per heavy atom. The number of hydrogen-bond donors (Lipinski definition) is 2. The van der Waals surface area contributed by atoms with Crippen LogP contribution in [0.2, 0.25) is 0 Å². The van der Waals surface area contributed by atoms with E-state index in [0.29, 0.717) is 27.3 Å². The molecule has 0 bridgehead atoms. The van der Waals surface area contributed by atoms with Crippen molar-refractivity contribution in [3.05, 3.63) is 75.7 Å². The van der Waals surface area contributed by atoms with Gasteiger partial charge in [-0.2, -0.15) is 0 Å². The summed E-state index contributed by atoms with van der Waals surface area (Å²) in [4.78, 5) is 25.0. The van der Waals surface area contributed by atoms with Crippen molar-refractivity contribution in [1.29, 1.82) is 0 Å². The minimum atomic E-state index is -1.07. The van der Waals surface area contributed by atoms with Crippen molar-refractivity contribution in [2.24, 2.45) is 0 Å². The third-order valence-corrected chi connectivity index (χ3v) is 5.73. The lowest BCUT2D eigenvalue weighted by atomic mass is 9.88. The first kappa shape index (κ1) is 16.5. The Balaban J connectivity index is 1.97. The number of benzene rings is 2. The van der Waals surface area contributed by atoms with E-state index in [1.54, 1.807) is 30.3 Å². The summed E-state index contributed by atoms with van der Waals surface area (Å²) >= 11 is 1.10. The second-order valence-corrected chi connectivity index (χ2v) is 7.10. The van der Waals surface area contributed by atoms with Crippen LogP contribution in [-0.4, -0.2) is 17.0 Å². The molecular formula is C20H14FNO3S. The zero-order valence-electron chi connectivity index (χ0n) is 13.5. The molecule has 2 aromatic carbocycles. The van der Waals surface area contributed by atoms with Crippen LogP contribution in [0.5, 0.6) is 0 Å². The Kier molecular flexibility index (Phi) is 4.05. The highest BCUT2D eigenvalue weighted by atomic mass is 32.1. The van der Waals surface area contributed by atoms with Gasteiger partial charge in [-0.15, -0.1) is 11.3 Å². The van der Waals surface area contributed by atoms with E-state index in [0.717, 1.165) is 11.3 Å². The van der Waals surface area contributed by atoms with Crippen molar-refractivity contribution in [1.82, 2.24) is 0 Å². The highest BCUT2D eigenvalue weighted by Gasteiger charge is 2.35. The van der Waals surface area contributed by atoms with Gasteiger partial charge in [0.15, 0.2) is 0 Å². The maximum Gasteiger partial charge on any atom is 0.346 e. The molecule has 6 heteroatoms. The van der Waals surface area contributed by atoms with E-state index in [-0.39, 0.29) is 17.2 Å². The number of carbonyl (C=O) groups excluding carboxylic acids is 1. The Hall–Kier alpha value is -2.99. The van der Waals surface area contributed by atoms with Crippen molar-refractivity contribution >= 4 is 28.9 Å². The van der Waals surface area contributed by atoms with E-state index in [2.05, 4.69) is 5.32 Å². The summed E-state index contributed by atoms with van der Waals surface area (Å²) in [5.74, 6) is -2.22. The number of hydrogen-bond acceptors (Lipinski definition) is 3. The Morgan fingerprint density at radius 1 is 1.12 bits per heavy atom. The first-order valence-electron chi connectivity index (χ1n) is 8.06. The first-order valence-corrected chi connectivity index (χ1v) is 8.87. The molecule has 0 saturated carbocycles. The zero-order valence-corrected chi connectivity index (χ0v) is 14.3. The highest BCUT2D eigenvalue weighted by Crippen LogP contribution is 2.49. The van der Waals surface area contributed by atoms with Gasteiger partial charge in [-0.1, -0.05) is 48.5 Å². The molecule has 1 aliphatic heterocycles. The lowest BCUT2D eigenvalue weighted by Crippen LogP contribution is -2.23. The van der Waals surface area contributed by atoms with E-state index >= 15 is 0 Å². The number of anilines is 1. The predicted octanol–water partition coefficient (Wildman–Crippen LogP) is 4.73. The fourth-order valence-electron chi connectivity index (χ4n) is 3.33. The molecule has 4 rings (SSSR count). The van der Waals surface area contributed by atoms with Crippen molar-refractivity contribution in [3.8, 4) is 11.1 Å². The molecule has 4 nitrogen and oxygen atoms in total. The molecular weight excluding hydrogens is 353 g/mol. The van der Waals surface area contributed by atoms with E-state index in [1.165, 1.54) is 6.07 Å². The first-order chi connectivity index (χ1) is 12.6. The number of amides is 1. The number of carboxylic acid groups (broad SMARTS) is 1. The largest absolute Gasteiger partial charge is 0.477 e. The predicted molar refractivity (Wildman–Crippen MR) is 98.2 cm³/mol. The van der Waals surface area contributed by atoms with Crippen LogP contribution in [0.1, 0.15) is 32.5 Å². The molecule has 26 heavy (non-hydrogen) atoms. The van der Waals surface area contributed by atoms with Crippen LogP contribution in [0.3, 0.4) is 0 Å². The summed E-state index contributed by atoms with van der Waals surface area (Å²) in [7, 11) is 0. The molecule has 0 aliphatic carbocycles. The van der Waals surface area contributed by atoms with Crippen molar-refractivity contribution in [2.45, 2.75) is 12.3 Å². The number of aromatic carboxylic acids is 1. The monoisotopic (exact) mass is 367 g/mol. The summed E-state index contributed by atoms with van der Waals surface area (Å²) in [6.07, 6.45) is 0.0851. The summed E-state index contributed by atoms with van der Waals surface area (Å²) in [5, 5.41) is 12.5. The number of nitrogens with one attached hydrogen (secondary N) is 1. The molecule has 1 atom stereocenters. The van der Waals surface area contributed by atoms with Gasteiger partial charge < -0.3 is 10.4 Å². The van der Waals surface area contributed by atoms with Gasteiger partial charge in [-0.05, 0) is 17.2 Å². The topological polar surface area (TPSA) is 66.4 Å². The van der Waals surface area contributed by atoms with Crippen LogP contribution in [0.25, 0.3) is 11.1 Å². The maximum absolute atomic E-state index is 14.3. The summed E-state index contributed by atoms with van der Waals surface area (Å²) in [6, 6.07) is 15.4. The number of thiophene rings is 1. The minimum Gasteiger partial charge on any atom is -0.477 e. The molecule has 0 radical (unpaired) electrons. The molecule has 0 fully saturated rings. The standard InChI is InChI=1S/C20H14FNO3S/c21-14-9-5-4-8-12(14)13-10-15(23)22-17-16(11-6-2-1-3-7-11)19(20(24)25)26-18(13)17/h1-9,13H,10H2,(H,22,23)(H,24,25)/t13-/m0/s1. The van der Waals surface area contributed by atoms with Gasteiger partial charge in [0.05, 0.1) is 5.69 Å². The van der Waals surface area contributed by atoms with Gasteiger partial charge in [0.2, 0.25) is 5.91 Å². The zero-order chi connectivity index (χ0) is 18.3. The molecule has 1 aliphatic rings. The molecule has 0 saturated heterocycles. The number of carboxylic acids is 1. The van der Waals surface area contributed by atoms with Crippen LogP contribution in [0.4, 0.5) is 10.1 Å². The van der Waals surface area contributed by atoms with Crippen LogP contribution in [0.15, 0.2) is 54.6 Å². The molecule has 1 amide bonds. The Bertz CT molecular complexity index is 1010. The summed E-state index contributed by atoms with van der Waals surface area (Å²) in [5.41, 5.74) is 2.06. The van der Waals surface area contributed by atoms with E-state index in [9.17, 15) is 19.1 Å². The van der Waals surface area contributed by atoms with Crippen molar-refractivity contribution in [2.75, 3.05) is 5.32 Å². The number of rotatable bonds is 3. The molecule has 2 N–H and O–H groups in total. The second-order valence-electron chi connectivity index (χ2n) is 6.04. The Morgan fingerprint density at radius 2 is 1.81 bits per heavy atom. The SMILES string of the molecule is O=C1C[C@@H](c2ccccc2F)c2sc(C(=O)O)c(-c3ccccc3)c2N1. The second kappa shape index (κ2) is 6.38. The molecule has 0 unspecified atom stereocenters.